The summed E-state index contributed by atoms with van der Waals surface area (Å²) >= 11 is 1.36. The third-order valence-electron chi connectivity index (χ3n) is 2.35. The van der Waals surface area contributed by atoms with Crippen molar-refractivity contribution in [3.63, 3.8) is 0 Å². The van der Waals surface area contributed by atoms with Crippen molar-refractivity contribution in [2.45, 2.75) is 6.92 Å². The molecule has 4 nitrogen and oxygen atoms in total. The fourth-order valence-electron chi connectivity index (χ4n) is 1.54. The summed E-state index contributed by atoms with van der Waals surface area (Å²) in [6.45, 7) is 2.15. The molecule has 0 aliphatic carbocycles. The number of carbonyl (C=O) groups is 1. The third-order valence-corrected chi connectivity index (χ3v) is 3.26. The van der Waals surface area contributed by atoms with E-state index in [2.05, 4.69) is 22.1 Å². The van der Waals surface area contributed by atoms with Gasteiger partial charge in [0.1, 0.15) is 4.88 Å². The summed E-state index contributed by atoms with van der Waals surface area (Å²) in [6, 6.07) is 5.39. The second kappa shape index (κ2) is 6.14. The second-order valence-electron chi connectivity index (χ2n) is 3.81. The third kappa shape index (κ3) is 3.41. The van der Waals surface area contributed by atoms with E-state index in [1.807, 2.05) is 24.4 Å². The lowest BCUT2D eigenvalue weighted by Gasteiger charge is -2.04. The average molecular weight is 271 g/mol. The van der Waals surface area contributed by atoms with Gasteiger partial charge in [0.05, 0.1) is 6.54 Å². The van der Waals surface area contributed by atoms with Gasteiger partial charge in [-0.15, -0.1) is 11.3 Å². The SMILES string of the molecule is Cc1cc(NC(=O)c2sccc2C#CCN)ccn1. The maximum absolute atomic E-state index is 12.2. The van der Waals surface area contributed by atoms with E-state index in [4.69, 9.17) is 5.73 Å². The minimum Gasteiger partial charge on any atom is -0.321 e. The molecule has 0 saturated carbocycles. The molecule has 3 N–H and O–H groups in total. The van der Waals surface area contributed by atoms with Gasteiger partial charge in [0.25, 0.3) is 5.91 Å². The Labute approximate surface area is 115 Å². The van der Waals surface area contributed by atoms with Crippen molar-refractivity contribution < 1.29 is 4.79 Å². The highest BCUT2D eigenvalue weighted by molar-refractivity contribution is 7.12. The zero-order chi connectivity index (χ0) is 13.7. The molecule has 0 fully saturated rings. The maximum atomic E-state index is 12.2. The Morgan fingerprint density at radius 2 is 2.37 bits per heavy atom. The number of amides is 1. The Morgan fingerprint density at radius 1 is 1.53 bits per heavy atom. The van der Waals surface area contributed by atoms with Gasteiger partial charge in [-0.25, -0.2) is 0 Å². The Bertz CT molecular complexity index is 652. The molecule has 2 heterocycles. The van der Waals surface area contributed by atoms with Gasteiger partial charge in [-0.1, -0.05) is 11.8 Å². The minimum atomic E-state index is -0.165. The lowest BCUT2D eigenvalue weighted by Crippen LogP contribution is -2.11. The number of carbonyl (C=O) groups excluding carboxylic acids is 1. The first kappa shape index (κ1) is 13.3. The van der Waals surface area contributed by atoms with E-state index in [9.17, 15) is 4.79 Å². The van der Waals surface area contributed by atoms with E-state index in [0.717, 1.165) is 11.4 Å². The molecule has 2 aromatic heterocycles. The molecule has 0 saturated heterocycles. The van der Waals surface area contributed by atoms with E-state index >= 15 is 0 Å². The van der Waals surface area contributed by atoms with Crippen molar-refractivity contribution >= 4 is 22.9 Å². The van der Waals surface area contributed by atoms with Crippen LogP contribution in [-0.2, 0) is 0 Å². The highest BCUT2D eigenvalue weighted by atomic mass is 32.1. The van der Waals surface area contributed by atoms with Crippen LogP contribution in [0.25, 0.3) is 0 Å². The molecule has 0 aliphatic rings. The lowest BCUT2D eigenvalue weighted by molar-refractivity contribution is 0.103. The van der Waals surface area contributed by atoms with Crippen LogP contribution in [0.15, 0.2) is 29.8 Å². The minimum absolute atomic E-state index is 0.165. The van der Waals surface area contributed by atoms with Gasteiger partial charge in [-0.05, 0) is 30.5 Å². The van der Waals surface area contributed by atoms with E-state index < -0.39 is 0 Å². The van der Waals surface area contributed by atoms with Crippen LogP contribution in [0.2, 0.25) is 0 Å². The van der Waals surface area contributed by atoms with Crippen molar-refractivity contribution in [1.82, 2.24) is 4.98 Å². The van der Waals surface area contributed by atoms with Crippen LogP contribution in [0.1, 0.15) is 20.9 Å². The van der Waals surface area contributed by atoms with Crippen molar-refractivity contribution in [2.24, 2.45) is 5.73 Å². The molecule has 0 radical (unpaired) electrons. The number of hydrogen-bond donors (Lipinski definition) is 2. The van der Waals surface area contributed by atoms with Gasteiger partial charge < -0.3 is 11.1 Å². The van der Waals surface area contributed by atoms with Crippen molar-refractivity contribution in [3.05, 3.63) is 45.9 Å². The molecule has 5 heteroatoms. The van der Waals surface area contributed by atoms with Crippen LogP contribution in [-0.4, -0.2) is 17.4 Å². The molecule has 0 aliphatic heterocycles. The number of nitrogens with two attached hydrogens (primary N) is 1. The van der Waals surface area contributed by atoms with Crippen LogP contribution in [0.4, 0.5) is 5.69 Å². The van der Waals surface area contributed by atoms with Crippen molar-refractivity contribution in [2.75, 3.05) is 11.9 Å². The topological polar surface area (TPSA) is 68.0 Å². The predicted molar refractivity (Wildman–Crippen MR) is 77.2 cm³/mol. The van der Waals surface area contributed by atoms with E-state index in [1.165, 1.54) is 11.3 Å². The monoisotopic (exact) mass is 271 g/mol. The molecule has 0 spiro atoms. The summed E-state index contributed by atoms with van der Waals surface area (Å²) in [5, 5.41) is 4.67. The maximum Gasteiger partial charge on any atom is 0.267 e. The Hall–Kier alpha value is -2.16. The first-order chi connectivity index (χ1) is 9.20. The van der Waals surface area contributed by atoms with Gasteiger partial charge >= 0.3 is 0 Å². The van der Waals surface area contributed by atoms with Crippen molar-refractivity contribution in [3.8, 4) is 11.8 Å². The molecular weight excluding hydrogens is 258 g/mol. The summed E-state index contributed by atoms with van der Waals surface area (Å²) in [4.78, 5) is 16.8. The molecule has 1 amide bonds. The average Bonchev–Trinajstić information content (AvgIpc) is 2.84. The number of pyridine rings is 1. The van der Waals surface area contributed by atoms with Gasteiger partial charge in [0.15, 0.2) is 0 Å². The second-order valence-corrected chi connectivity index (χ2v) is 4.73. The van der Waals surface area contributed by atoms with Crippen molar-refractivity contribution in [1.29, 1.82) is 0 Å². The number of thiophene rings is 1. The summed E-state index contributed by atoms with van der Waals surface area (Å²) in [5.74, 6) is 5.48. The Morgan fingerprint density at radius 3 is 3.11 bits per heavy atom. The van der Waals surface area contributed by atoms with Crippen LogP contribution in [0.5, 0.6) is 0 Å². The summed E-state index contributed by atoms with van der Waals surface area (Å²) < 4.78 is 0. The summed E-state index contributed by atoms with van der Waals surface area (Å²) in [7, 11) is 0. The van der Waals surface area contributed by atoms with E-state index in [1.54, 1.807) is 12.3 Å². The standard InChI is InChI=1S/C14H13N3OS/c1-10-9-12(4-7-16-10)17-14(18)13-11(3-2-6-15)5-8-19-13/h4-5,7-9H,6,15H2,1H3,(H,16,17,18). The number of anilines is 1. The highest BCUT2D eigenvalue weighted by Gasteiger charge is 2.12. The molecule has 0 atom stereocenters. The smallest absolute Gasteiger partial charge is 0.267 e. The van der Waals surface area contributed by atoms with E-state index in [0.29, 0.717) is 10.4 Å². The number of aromatic nitrogens is 1. The quantitative estimate of drug-likeness (QED) is 0.821. The van der Waals surface area contributed by atoms with Gasteiger partial charge in [-0.3, -0.25) is 9.78 Å². The van der Waals surface area contributed by atoms with Gasteiger partial charge in [-0.2, -0.15) is 0 Å². The molecular formula is C14H13N3OS. The fraction of sp³-hybridized carbons (Fsp3) is 0.143. The zero-order valence-corrected chi connectivity index (χ0v) is 11.3. The van der Waals surface area contributed by atoms with Crippen LogP contribution in [0.3, 0.4) is 0 Å². The number of nitrogens with one attached hydrogen (secondary N) is 1. The van der Waals surface area contributed by atoms with E-state index in [-0.39, 0.29) is 12.5 Å². The molecule has 0 aromatic carbocycles. The normalized spacial score (nSPS) is 9.58. The molecule has 96 valence electrons. The van der Waals surface area contributed by atoms with Gasteiger partial charge in [0.2, 0.25) is 0 Å². The van der Waals surface area contributed by atoms with Crippen LogP contribution >= 0.6 is 11.3 Å². The number of rotatable bonds is 2. The highest BCUT2D eigenvalue weighted by Crippen LogP contribution is 2.18. The fourth-order valence-corrected chi connectivity index (χ4v) is 2.29. The first-order valence-corrected chi connectivity index (χ1v) is 6.59. The molecule has 2 rings (SSSR count). The summed E-state index contributed by atoms with van der Waals surface area (Å²) in [6.07, 6.45) is 1.66. The van der Waals surface area contributed by atoms with Gasteiger partial charge in [0, 0.05) is 23.1 Å². The number of aryl methyl sites for hydroxylation is 1. The number of hydrogen-bond acceptors (Lipinski definition) is 4. The number of nitrogens with zero attached hydrogens (tertiary/aromatic N) is 1. The first-order valence-electron chi connectivity index (χ1n) is 5.71. The molecule has 2 aromatic rings. The van der Waals surface area contributed by atoms with Crippen LogP contribution in [0, 0.1) is 18.8 Å². The molecule has 0 bridgehead atoms. The Balaban J connectivity index is 2.19. The van der Waals surface area contributed by atoms with Crippen LogP contribution < -0.4 is 11.1 Å². The summed E-state index contributed by atoms with van der Waals surface area (Å²) in [5.41, 5.74) is 7.62. The predicted octanol–water partition coefficient (Wildman–Crippen LogP) is 2.01. The largest absolute Gasteiger partial charge is 0.321 e. The lowest BCUT2D eigenvalue weighted by atomic mass is 10.2. The molecule has 19 heavy (non-hydrogen) atoms. The molecule has 0 unspecified atom stereocenters. The Kier molecular flexibility index (Phi) is 4.29. The zero-order valence-electron chi connectivity index (χ0n) is 10.4.